The van der Waals surface area contributed by atoms with Gasteiger partial charge in [-0.2, -0.15) is 0 Å². The first-order valence-electron chi connectivity index (χ1n) is 3.75. The van der Waals surface area contributed by atoms with Gasteiger partial charge in [0.1, 0.15) is 0 Å². The van der Waals surface area contributed by atoms with Crippen LogP contribution in [-0.2, 0) is 0 Å². The van der Waals surface area contributed by atoms with Gasteiger partial charge in [0, 0.05) is 5.54 Å². The van der Waals surface area contributed by atoms with Crippen LogP contribution in [0.15, 0.2) is 0 Å². The molecule has 0 heterocycles. The van der Waals surface area contributed by atoms with Gasteiger partial charge >= 0.3 is 0 Å². The molecule has 0 saturated carbocycles. The Kier molecular flexibility index (Phi) is 3.20. The van der Waals surface area contributed by atoms with Crippen LogP contribution in [-0.4, -0.2) is 12.1 Å². The van der Waals surface area contributed by atoms with E-state index in [9.17, 15) is 0 Å². The second-order valence-electron chi connectivity index (χ2n) is 3.41. The molecular formula is C8H19N. The van der Waals surface area contributed by atoms with E-state index in [4.69, 9.17) is 0 Å². The Labute approximate surface area is 58.8 Å². The molecule has 0 aromatic carbocycles. The summed E-state index contributed by atoms with van der Waals surface area (Å²) in [6.45, 7) is 12.2. The number of rotatable bonds is 3. The fourth-order valence-corrected chi connectivity index (χ4v) is 0.660. The molecule has 0 atom stereocenters. The zero-order valence-electron chi connectivity index (χ0n) is 7.28. The van der Waals surface area contributed by atoms with Crippen molar-refractivity contribution in [3.05, 3.63) is 0 Å². The third-order valence-corrected chi connectivity index (χ3v) is 2.08. The molecule has 56 valence electrons. The van der Waals surface area contributed by atoms with E-state index < -0.39 is 0 Å². The van der Waals surface area contributed by atoms with Crippen molar-refractivity contribution in [2.24, 2.45) is 5.92 Å². The maximum atomic E-state index is 3.42. The Morgan fingerprint density at radius 3 is 1.89 bits per heavy atom. The minimum Gasteiger partial charge on any atom is -0.312 e. The van der Waals surface area contributed by atoms with Crippen molar-refractivity contribution >= 4 is 0 Å². The van der Waals surface area contributed by atoms with Gasteiger partial charge in [-0.05, 0) is 26.3 Å². The zero-order valence-corrected chi connectivity index (χ0v) is 7.28. The normalized spacial score (nSPS) is 12.7. The van der Waals surface area contributed by atoms with Crippen molar-refractivity contribution in [2.75, 3.05) is 6.54 Å². The maximum absolute atomic E-state index is 3.42. The summed E-state index contributed by atoms with van der Waals surface area (Å²) in [6, 6.07) is 0. The van der Waals surface area contributed by atoms with E-state index in [2.05, 4.69) is 39.9 Å². The molecule has 0 aromatic heterocycles. The molecule has 0 spiro atoms. The van der Waals surface area contributed by atoms with Crippen molar-refractivity contribution in [3.8, 4) is 0 Å². The average molecular weight is 129 g/mol. The van der Waals surface area contributed by atoms with E-state index >= 15 is 0 Å². The van der Waals surface area contributed by atoms with Gasteiger partial charge in [0.15, 0.2) is 0 Å². The SMILES string of the molecule is CCNC(C)(C)C(C)C. The summed E-state index contributed by atoms with van der Waals surface area (Å²) in [6.07, 6.45) is 0. The first-order valence-corrected chi connectivity index (χ1v) is 3.75. The summed E-state index contributed by atoms with van der Waals surface area (Å²) in [7, 11) is 0. The van der Waals surface area contributed by atoms with E-state index in [0.717, 1.165) is 6.54 Å². The van der Waals surface area contributed by atoms with Gasteiger partial charge in [0.05, 0.1) is 0 Å². The quantitative estimate of drug-likeness (QED) is 0.615. The first-order chi connectivity index (χ1) is 4.00. The Bertz CT molecular complexity index is 74.6. The molecule has 0 saturated heterocycles. The second-order valence-corrected chi connectivity index (χ2v) is 3.41. The molecule has 1 N–H and O–H groups in total. The summed E-state index contributed by atoms with van der Waals surface area (Å²) in [5, 5.41) is 3.42. The minimum absolute atomic E-state index is 0.300. The largest absolute Gasteiger partial charge is 0.312 e. The van der Waals surface area contributed by atoms with Crippen LogP contribution in [0.4, 0.5) is 0 Å². The van der Waals surface area contributed by atoms with Crippen LogP contribution in [0, 0.1) is 5.92 Å². The van der Waals surface area contributed by atoms with Crippen molar-refractivity contribution in [2.45, 2.75) is 40.2 Å². The average Bonchev–Trinajstić information content (AvgIpc) is 1.65. The summed E-state index contributed by atoms with van der Waals surface area (Å²) in [5.41, 5.74) is 0.300. The van der Waals surface area contributed by atoms with Crippen LogP contribution < -0.4 is 5.32 Å². The predicted octanol–water partition coefficient (Wildman–Crippen LogP) is 2.03. The van der Waals surface area contributed by atoms with E-state index in [-0.39, 0.29) is 0 Å². The van der Waals surface area contributed by atoms with Crippen molar-refractivity contribution < 1.29 is 0 Å². The molecular weight excluding hydrogens is 110 g/mol. The van der Waals surface area contributed by atoms with Gasteiger partial charge in [-0.1, -0.05) is 20.8 Å². The summed E-state index contributed by atoms with van der Waals surface area (Å²) < 4.78 is 0. The molecule has 0 rings (SSSR count). The summed E-state index contributed by atoms with van der Waals surface area (Å²) in [4.78, 5) is 0. The first kappa shape index (κ1) is 8.96. The molecule has 0 aromatic rings. The van der Waals surface area contributed by atoms with Crippen molar-refractivity contribution in [1.82, 2.24) is 5.32 Å². The fraction of sp³-hybridized carbons (Fsp3) is 1.00. The van der Waals surface area contributed by atoms with Gasteiger partial charge in [-0.25, -0.2) is 0 Å². The lowest BCUT2D eigenvalue weighted by molar-refractivity contribution is 0.294. The molecule has 0 unspecified atom stereocenters. The van der Waals surface area contributed by atoms with Crippen LogP contribution in [0.5, 0.6) is 0 Å². The molecule has 1 heteroatoms. The molecule has 9 heavy (non-hydrogen) atoms. The van der Waals surface area contributed by atoms with E-state index in [1.54, 1.807) is 0 Å². The van der Waals surface area contributed by atoms with Crippen LogP contribution in [0.3, 0.4) is 0 Å². The van der Waals surface area contributed by atoms with Crippen LogP contribution in [0.25, 0.3) is 0 Å². The molecule has 0 aliphatic heterocycles. The molecule has 1 nitrogen and oxygen atoms in total. The summed E-state index contributed by atoms with van der Waals surface area (Å²) >= 11 is 0. The Morgan fingerprint density at radius 2 is 1.78 bits per heavy atom. The topological polar surface area (TPSA) is 12.0 Å². The standard InChI is InChI=1S/C8H19N/c1-6-9-8(4,5)7(2)3/h7,9H,6H2,1-5H3. The Hall–Kier alpha value is -0.0400. The molecule has 0 bridgehead atoms. The van der Waals surface area contributed by atoms with Gasteiger partial charge in [-0.3, -0.25) is 0 Å². The van der Waals surface area contributed by atoms with Gasteiger partial charge in [0.2, 0.25) is 0 Å². The molecule has 0 radical (unpaired) electrons. The highest BCUT2D eigenvalue weighted by Gasteiger charge is 2.19. The third-order valence-electron chi connectivity index (χ3n) is 2.08. The smallest absolute Gasteiger partial charge is 0.0147 e. The van der Waals surface area contributed by atoms with Gasteiger partial charge in [-0.15, -0.1) is 0 Å². The molecule has 0 aliphatic rings. The highest BCUT2D eigenvalue weighted by molar-refractivity contribution is 4.79. The van der Waals surface area contributed by atoms with Crippen LogP contribution in [0.1, 0.15) is 34.6 Å². The van der Waals surface area contributed by atoms with E-state index in [1.807, 2.05) is 0 Å². The number of nitrogens with one attached hydrogen (secondary N) is 1. The minimum atomic E-state index is 0.300. The highest BCUT2D eigenvalue weighted by atomic mass is 14.9. The number of hydrogen-bond donors (Lipinski definition) is 1. The predicted molar refractivity (Wildman–Crippen MR) is 42.6 cm³/mol. The molecule has 0 fully saturated rings. The van der Waals surface area contributed by atoms with Gasteiger partial charge in [0.25, 0.3) is 0 Å². The lowest BCUT2D eigenvalue weighted by Gasteiger charge is -2.30. The highest BCUT2D eigenvalue weighted by Crippen LogP contribution is 2.13. The summed E-state index contributed by atoms with van der Waals surface area (Å²) in [5.74, 6) is 0.706. The van der Waals surface area contributed by atoms with Crippen molar-refractivity contribution in [3.63, 3.8) is 0 Å². The van der Waals surface area contributed by atoms with Crippen molar-refractivity contribution in [1.29, 1.82) is 0 Å². The Morgan fingerprint density at radius 1 is 1.33 bits per heavy atom. The number of hydrogen-bond acceptors (Lipinski definition) is 1. The maximum Gasteiger partial charge on any atom is 0.0147 e. The Balaban J connectivity index is 3.70. The lowest BCUT2D eigenvalue weighted by Crippen LogP contribution is -2.43. The van der Waals surface area contributed by atoms with E-state index in [0.29, 0.717) is 11.5 Å². The van der Waals surface area contributed by atoms with E-state index in [1.165, 1.54) is 0 Å². The lowest BCUT2D eigenvalue weighted by atomic mass is 9.91. The molecule has 0 amide bonds. The van der Waals surface area contributed by atoms with Gasteiger partial charge < -0.3 is 5.32 Å². The zero-order chi connectivity index (χ0) is 7.49. The second kappa shape index (κ2) is 3.21. The fourth-order valence-electron chi connectivity index (χ4n) is 0.660. The molecule has 0 aliphatic carbocycles. The van der Waals surface area contributed by atoms with Crippen LogP contribution in [0.2, 0.25) is 0 Å². The van der Waals surface area contributed by atoms with Crippen LogP contribution >= 0.6 is 0 Å². The third kappa shape index (κ3) is 2.85. The monoisotopic (exact) mass is 129 g/mol.